The highest BCUT2D eigenvalue weighted by molar-refractivity contribution is 8.18. The molecule has 2 N–H and O–H groups in total. The van der Waals surface area contributed by atoms with E-state index in [4.69, 9.17) is 20.2 Å². The van der Waals surface area contributed by atoms with E-state index in [1.54, 1.807) is 17.0 Å². The topological polar surface area (TPSA) is 94.2 Å². The van der Waals surface area contributed by atoms with Crippen LogP contribution >= 0.6 is 11.8 Å². The summed E-state index contributed by atoms with van der Waals surface area (Å²) in [5.74, 6) is -0.0716. The molecule has 1 atom stereocenters. The lowest BCUT2D eigenvalue weighted by Gasteiger charge is -2.19. The SMILES string of the molecule is NC(=O)COc1ccc(/C=C2/SC(=Nc3ccccc3)N(CC3CCCO3)C2=O)cc1. The predicted molar refractivity (Wildman–Crippen MR) is 121 cm³/mol. The minimum atomic E-state index is -0.532. The van der Waals surface area contributed by atoms with Crippen LogP contribution < -0.4 is 10.5 Å². The maximum atomic E-state index is 13.2. The fourth-order valence-electron chi connectivity index (χ4n) is 3.32. The zero-order valence-corrected chi connectivity index (χ0v) is 17.7. The first kappa shape index (κ1) is 21.1. The van der Waals surface area contributed by atoms with E-state index in [9.17, 15) is 9.59 Å². The third kappa shape index (κ3) is 5.53. The Morgan fingerprint density at radius 2 is 2.00 bits per heavy atom. The first-order valence-corrected chi connectivity index (χ1v) is 10.9. The molecule has 0 radical (unpaired) electrons. The Hall–Kier alpha value is -3.10. The number of nitrogens with two attached hydrogens (primary N) is 1. The molecule has 2 saturated heterocycles. The van der Waals surface area contributed by atoms with Gasteiger partial charge >= 0.3 is 0 Å². The Morgan fingerprint density at radius 1 is 1.23 bits per heavy atom. The van der Waals surface area contributed by atoms with Crippen LogP contribution in [0, 0.1) is 0 Å². The lowest BCUT2D eigenvalue weighted by Crippen LogP contribution is -2.36. The van der Waals surface area contributed by atoms with Crippen molar-refractivity contribution in [1.29, 1.82) is 0 Å². The van der Waals surface area contributed by atoms with Crippen molar-refractivity contribution in [3.05, 3.63) is 65.1 Å². The van der Waals surface area contributed by atoms with Crippen LogP contribution in [0.1, 0.15) is 18.4 Å². The summed E-state index contributed by atoms with van der Waals surface area (Å²) in [5, 5.41) is 0.652. The van der Waals surface area contributed by atoms with E-state index in [1.165, 1.54) is 11.8 Å². The molecule has 2 aliphatic rings. The minimum Gasteiger partial charge on any atom is -0.484 e. The Balaban J connectivity index is 1.55. The second-order valence-corrected chi connectivity index (χ2v) is 8.22. The van der Waals surface area contributed by atoms with Gasteiger partial charge in [0.05, 0.1) is 23.2 Å². The molecule has 0 aromatic heterocycles. The van der Waals surface area contributed by atoms with Crippen LogP contribution in [0.15, 0.2) is 64.5 Å². The summed E-state index contributed by atoms with van der Waals surface area (Å²) in [6, 6.07) is 16.7. The zero-order chi connectivity index (χ0) is 21.6. The Bertz CT molecular complexity index is 999. The van der Waals surface area contributed by atoms with Gasteiger partial charge in [-0.15, -0.1) is 0 Å². The van der Waals surface area contributed by atoms with Crippen molar-refractivity contribution in [2.24, 2.45) is 10.7 Å². The molecule has 2 aliphatic heterocycles. The van der Waals surface area contributed by atoms with Gasteiger partial charge in [-0.1, -0.05) is 30.3 Å². The molecule has 31 heavy (non-hydrogen) atoms. The number of para-hydroxylation sites is 1. The number of benzene rings is 2. The molecule has 0 bridgehead atoms. The summed E-state index contributed by atoms with van der Waals surface area (Å²) in [7, 11) is 0. The Labute approximate surface area is 184 Å². The van der Waals surface area contributed by atoms with Gasteiger partial charge in [-0.05, 0) is 60.5 Å². The predicted octanol–water partition coefficient (Wildman–Crippen LogP) is 3.33. The molecule has 8 heteroatoms. The van der Waals surface area contributed by atoms with Gasteiger partial charge in [-0.2, -0.15) is 0 Å². The highest BCUT2D eigenvalue weighted by Crippen LogP contribution is 2.35. The maximum absolute atomic E-state index is 13.2. The van der Waals surface area contributed by atoms with Gasteiger partial charge in [0.2, 0.25) is 0 Å². The lowest BCUT2D eigenvalue weighted by atomic mass is 10.2. The number of amidine groups is 1. The number of carbonyl (C=O) groups is 2. The molecular formula is C23H23N3O4S. The number of rotatable bonds is 7. The van der Waals surface area contributed by atoms with Crippen molar-refractivity contribution in [3.63, 3.8) is 0 Å². The van der Waals surface area contributed by atoms with Crippen LogP contribution in [0.2, 0.25) is 0 Å². The van der Waals surface area contributed by atoms with E-state index in [2.05, 4.69) is 0 Å². The van der Waals surface area contributed by atoms with E-state index >= 15 is 0 Å². The third-order valence-electron chi connectivity index (χ3n) is 4.84. The van der Waals surface area contributed by atoms with Crippen molar-refractivity contribution < 1.29 is 19.1 Å². The lowest BCUT2D eigenvalue weighted by molar-refractivity contribution is -0.123. The number of hydrogen-bond acceptors (Lipinski definition) is 6. The van der Waals surface area contributed by atoms with Crippen molar-refractivity contribution >= 4 is 40.5 Å². The quantitative estimate of drug-likeness (QED) is 0.671. The number of aliphatic imine (C=N–C) groups is 1. The zero-order valence-electron chi connectivity index (χ0n) is 16.9. The van der Waals surface area contributed by atoms with Crippen LogP contribution in [0.4, 0.5) is 5.69 Å². The summed E-state index contributed by atoms with van der Waals surface area (Å²) in [6.07, 6.45) is 3.82. The third-order valence-corrected chi connectivity index (χ3v) is 5.84. The molecule has 2 aromatic carbocycles. The van der Waals surface area contributed by atoms with Crippen molar-refractivity contribution in [1.82, 2.24) is 4.90 Å². The summed E-state index contributed by atoms with van der Waals surface area (Å²) >= 11 is 1.36. The van der Waals surface area contributed by atoms with E-state index in [0.29, 0.717) is 22.4 Å². The maximum Gasteiger partial charge on any atom is 0.266 e. The molecule has 160 valence electrons. The van der Waals surface area contributed by atoms with Crippen molar-refractivity contribution in [3.8, 4) is 5.75 Å². The smallest absolute Gasteiger partial charge is 0.266 e. The van der Waals surface area contributed by atoms with E-state index < -0.39 is 5.91 Å². The van der Waals surface area contributed by atoms with Crippen LogP contribution in [0.5, 0.6) is 5.75 Å². The standard InChI is InChI=1S/C23H23N3O4S/c24-21(27)15-30-18-10-8-16(9-11-18)13-20-22(28)26(14-19-7-4-12-29-19)23(31-20)25-17-5-2-1-3-6-17/h1-3,5-6,8-11,13,19H,4,7,12,14-15H2,(H2,24,27)/b20-13+,25-23?. The first-order chi connectivity index (χ1) is 15.1. The van der Waals surface area contributed by atoms with E-state index in [1.807, 2.05) is 48.5 Å². The van der Waals surface area contributed by atoms with Crippen LogP contribution in [0.25, 0.3) is 6.08 Å². The monoisotopic (exact) mass is 437 g/mol. The molecular weight excluding hydrogens is 414 g/mol. The van der Waals surface area contributed by atoms with Gasteiger partial charge in [-0.25, -0.2) is 4.99 Å². The average Bonchev–Trinajstić information content (AvgIpc) is 3.38. The molecule has 7 nitrogen and oxygen atoms in total. The number of primary amides is 1. The molecule has 2 aromatic rings. The van der Waals surface area contributed by atoms with Gasteiger partial charge in [0, 0.05) is 6.61 Å². The molecule has 2 amide bonds. The normalized spacial score (nSPS) is 21.2. The molecule has 2 heterocycles. The number of nitrogens with zero attached hydrogens (tertiary/aromatic N) is 2. The second kappa shape index (κ2) is 9.80. The van der Waals surface area contributed by atoms with E-state index in [0.717, 1.165) is 30.7 Å². The van der Waals surface area contributed by atoms with Crippen molar-refractivity contribution in [2.75, 3.05) is 19.8 Å². The number of hydrogen-bond donors (Lipinski definition) is 1. The van der Waals surface area contributed by atoms with Crippen LogP contribution in [-0.2, 0) is 14.3 Å². The summed E-state index contributed by atoms with van der Waals surface area (Å²) in [4.78, 5) is 31.0. The number of carbonyl (C=O) groups excluding carboxylic acids is 2. The highest BCUT2D eigenvalue weighted by atomic mass is 32.2. The van der Waals surface area contributed by atoms with Gasteiger partial charge in [0.25, 0.3) is 11.8 Å². The largest absolute Gasteiger partial charge is 0.484 e. The van der Waals surface area contributed by atoms with Crippen LogP contribution in [0.3, 0.4) is 0 Å². The van der Waals surface area contributed by atoms with Gasteiger partial charge in [0.15, 0.2) is 11.8 Å². The molecule has 0 saturated carbocycles. The summed E-state index contributed by atoms with van der Waals surface area (Å²) in [6.45, 7) is 1.05. The highest BCUT2D eigenvalue weighted by Gasteiger charge is 2.35. The fourth-order valence-corrected chi connectivity index (χ4v) is 4.33. The summed E-state index contributed by atoms with van der Waals surface area (Å²) in [5.41, 5.74) is 6.74. The fraction of sp³-hybridized carbons (Fsp3) is 0.261. The van der Waals surface area contributed by atoms with Gasteiger partial charge < -0.3 is 15.2 Å². The van der Waals surface area contributed by atoms with Crippen molar-refractivity contribution in [2.45, 2.75) is 18.9 Å². The van der Waals surface area contributed by atoms with Gasteiger partial charge in [-0.3, -0.25) is 14.5 Å². The first-order valence-electron chi connectivity index (χ1n) is 10.1. The minimum absolute atomic E-state index is 0.0339. The average molecular weight is 438 g/mol. The Morgan fingerprint density at radius 3 is 2.68 bits per heavy atom. The molecule has 0 aliphatic carbocycles. The van der Waals surface area contributed by atoms with Crippen LogP contribution in [-0.4, -0.2) is 47.7 Å². The molecule has 2 fully saturated rings. The molecule has 4 rings (SSSR count). The second-order valence-electron chi connectivity index (χ2n) is 7.22. The van der Waals surface area contributed by atoms with E-state index in [-0.39, 0.29) is 18.6 Å². The number of ether oxygens (including phenoxy) is 2. The number of thioether (sulfide) groups is 1. The molecule has 0 spiro atoms. The van der Waals surface area contributed by atoms with Gasteiger partial charge in [0.1, 0.15) is 5.75 Å². The molecule has 1 unspecified atom stereocenters. The number of amides is 2. The summed E-state index contributed by atoms with van der Waals surface area (Å²) < 4.78 is 11.0. The Kier molecular flexibility index (Phi) is 6.69.